The highest BCUT2D eigenvalue weighted by molar-refractivity contribution is 6.32. The van der Waals surface area contributed by atoms with Gasteiger partial charge >= 0.3 is 5.69 Å². The van der Waals surface area contributed by atoms with Crippen LogP contribution in [0.4, 0.5) is 10.1 Å². The molecule has 0 saturated heterocycles. The summed E-state index contributed by atoms with van der Waals surface area (Å²) in [5.74, 6) is 0.268. The van der Waals surface area contributed by atoms with E-state index >= 15 is 0 Å². The van der Waals surface area contributed by atoms with E-state index in [-0.39, 0.29) is 22.9 Å². The maximum atomic E-state index is 14.0. The zero-order chi connectivity index (χ0) is 22.0. The molecular weight excluding hydrogens is 444 g/mol. The first kappa shape index (κ1) is 21.1. The fraction of sp³-hybridized carbons (Fsp3) is 0.136. The van der Waals surface area contributed by atoms with Gasteiger partial charge in [0, 0.05) is 17.8 Å². The number of anilines is 1. The first-order valence-electron chi connectivity index (χ1n) is 9.32. The van der Waals surface area contributed by atoms with Crippen LogP contribution in [-0.2, 0) is 13.2 Å². The van der Waals surface area contributed by atoms with Crippen molar-refractivity contribution in [2.24, 2.45) is 0 Å². The van der Waals surface area contributed by atoms with Gasteiger partial charge in [0.2, 0.25) is 0 Å². The number of fused-ring (bicyclic) bond motifs is 1. The fourth-order valence-corrected chi connectivity index (χ4v) is 3.68. The Bertz CT molecular complexity index is 1280. The summed E-state index contributed by atoms with van der Waals surface area (Å²) in [6.45, 7) is 0.365. The molecule has 0 fully saturated rings. The third-order valence-electron chi connectivity index (χ3n) is 4.72. The predicted octanol–water partition coefficient (Wildman–Crippen LogP) is 5.50. The monoisotopic (exact) mass is 461 g/mol. The van der Waals surface area contributed by atoms with Gasteiger partial charge in [0.25, 0.3) is 0 Å². The van der Waals surface area contributed by atoms with E-state index < -0.39 is 5.82 Å². The highest BCUT2D eigenvalue weighted by atomic mass is 35.5. The van der Waals surface area contributed by atoms with Gasteiger partial charge in [-0.05, 0) is 48.0 Å². The Balaban J connectivity index is 1.50. The summed E-state index contributed by atoms with van der Waals surface area (Å²) in [7, 11) is 1.50. The Morgan fingerprint density at radius 3 is 2.61 bits per heavy atom. The molecule has 0 aliphatic rings. The number of H-pyrrole nitrogens is 2. The minimum atomic E-state index is -0.454. The molecular formula is C22H18Cl2FN3O3. The Morgan fingerprint density at radius 1 is 1.03 bits per heavy atom. The molecule has 4 aromatic rings. The van der Waals surface area contributed by atoms with Gasteiger partial charge in [0.05, 0.1) is 28.2 Å². The molecule has 0 amide bonds. The van der Waals surface area contributed by atoms with Gasteiger partial charge in [0.15, 0.2) is 11.5 Å². The van der Waals surface area contributed by atoms with Crippen molar-refractivity contribution in [3.05, 3.63) is 86.0 Å². The normalized spacial score (nSPS) is 11.0. The van der Waals surface area contributed by atoms with Gasteiger partial charge in [-0.15, -0.1) is 0 Å². The van der Waals surface area contributed by atoms with Crippen LogP contribution in [0.15, 0.2) is 53.3 Å². The second-order valence-electron chi connectivity index (χ2n) is 6.79. The van der Waals surface area contributed by atoms with Crippen molar-refractivity contribution in [2.75, 3.05) is 12.4 Å². The molecule has 0 spiro atoms. The molecule has 0 bridgehead atoms. The number of ether oxygens (including phenoxy) is 2. The largest absolute Gasteiger partial charge is 0.493 e. The zero-order valence-corrected chi connectivity index (χ0v) is 17.9. The number of aromatic amines is 2. The van der Waals surface area contributed by atoms with Gasteiger partial charge in [-0.3, -0.25) is 0 Å². The van der Waals surface area contributed by atoms with Gasteiger partial charge < -0.3 is 24.8 Å². The molecule has 0 atom stereocenters. The molecule has 4 rings (SSSR count). The molecule has 0 radical (unpaired) electrons. The first-order valence-corrected chi connectivity index (χ1v) is 10.1. The summed E-state index contributed by atoms with van der Waals surface area (Å²) in [6.07, 6.45) is 0. The highest BCUT2D eigenvalue weighted by Gasteiger charge is 2.15. The molecule has 1 aromatic heterocycles. The van der Waals surface area contributed by atoms with Crippen LogP contribution in [-0.4, -0.2) is 17.1 Å². The second-order valence-corrected chi connectivity index (χ2v) is 7.61. The lowest BCUT2D eigenvalue weighted by Crippen LogP contribution is -2.04. The maximum Gasteiger partial charge on any atom is 0.323 e. The quantitative estimate of drug-likeness (QED) is 0.339. The summed E-state index contributed by atoms with van der Waals surface area (Å²) in [4.78, 5) is 16.8. The molecule has 3 aromatic carbocycles. The number of hydrogen-bond donors (Lipinski definition) is 3. The third-order valence-corrected chi connectivity index (χ3v) is 5.36. The van der Waals surface area contributed by atoms with Gasteiger partial charge in [-0.2, -0.15) is 0 Å². The summed E-state index contributed by atoms with van der Waals surface area (Å²) >= 11 is 12.5. The zero-order valence-electron chi connectivity index (χ0n) is 16.4. The van der Waals surface area contributed by atoms with Crippen molar-refractivity contribution in [3.63, 3.8) is 0 Å². The molecule has 31 heavy (non-hydrogen) atoms. The molecule has 0 saturated carbocycles. The van der Waals surface area contributed by atoms with Crippen molar-refractivity contribution in [2.45, 2.75) is 13.2 Å². The Kier molecular flexibility index (Phi) is 6.06. The van der Waals surface area contributed by atoms with Crippen molar-refractivity contribution >= 4 is 39.9 Å². The van der Waals surface area contributed by atoms with E-state index in [1.165, 1.54) is 19.2 Å². The van der Waals surface area contributed by atoms with E-state index in [4.69, 9.17) is 32.7 Å². The van der Waals surface area contributed by atoms with Crippen molar-refractivity contribution < 1.29 is 13.9 Å². The van der Waals surface area contributed by atoms with Crippen LogP contribution in [0.2, 0.25) is 10.0 Å². The van der Waals surface area contributed by atoms with Crippen LogP contribution in [0.25, 0.3) is 11.0 Å². The van der Waals surface area contributed by atoms with Crippen LogP contribution in [0.5, 0.6) is 11.5 Å². The molecule has 0 aliphatic carbocycles. The first-order chi connectivity index (χ1) is 14.9. The van der Waals surface area contributed by atoms with Crippen molar-refractivity contribution in [1.82, 2.24) is 9.97 Å². The summed E-state index contributed by atoms with van der Waals surface area (Å²) < 4.78 is 25.2. The number of imidazole rings is 1. The van der Waals surface area contributed by atoms with Gasteiger partial charge in [-0.1, -0.05) is 29.3 Å². The highest BCUT2D eigenvalue weighted by Crippen LogP contribution is 2.37. The minimum Gasteiger partial charge on any atom is -0.493 e. The Morgan fingerprint density at radius 2 is 1.84 bits per heavy atom. The number of aromatic nitrogens is 2. The molecule has 6 nitrogen and oxygen atoms in total. The SMILES string of the molecule is COc1cc(CNc2ccc3[nH]c(=O)[nH]c3c2)cc(Cl)c1OCc1c(F)cccc1Cl. The standard InChI is InChI=1S/C22H18Cl2FN3O3/c1-30-20-8-12(10-26-13-5-6-18-19(9-13)28-22(29)27-18)7-16(24)21(20)31-11-14-15(23)3-2-4-17(14)25/h2-9,26H,10-11H2,1H3,(H2,27,28,29). The lowest BCUT2D eigenvalue weighted by atomic mass is 10.2. The molecule has 3 N–H and O–H groups in total. The van der Waals surface area contributed by atoms with Crippen molar-refractivity contribution in [3.8, 4) is 11.5 Å². The second kappa shape index (κ2) is 8.91. The number of methoxy groups -OCH3 is 1. The lowest BCUT2D eigenvalue weighted by molar-refractivity contribution is 0.280. The molecule has 9 heteroatoms. The van der Waals surface area contributed by atoms with Gasteiger partial charge in [-0.25, -0.2) is 9.18 Å². The van der Waals surface area contributed by atoms with E-state index in [0.717, 1.165) is 16.8 Å². The van der Waals surface area contributed by atoms with E-state index in [2.05, 4.69) is 15.3 Å². The number of nitrogens with one attached hydrogen (secondary N) is 3. The number of benzene rings is 3. The third kappa shape index (κ3) is 4.62. The lowest BCUT2D eigenvalue weighted by Gasteiger charge is -2.15. The molecule has 0 aliphatic heterocycles. The Labute approximate surface area is 186 Å². The maximum absolute atomic E-state index is 14.0. The van der Waals surface area contributed by atoms with Crippen LogP contribution in [0.3, 0.4) is 0 Å². The summed E-state index contributed by atoms with van der Waals surface area (Å²) in [5, 5.41) is 3.88. The number of halogens is 3. The average molecular weight is 462 g/mol. The van der Waals surface area contributed by atoms with Crippen molar-refractivity contribution in [1.29, 1.82) is 0 Å². The van der Waals surface area contributed by atoms with Crippen LogP contribution < -0.4 is 20.5 Å². The average Bonchev–Trinajstić information content (AvgIpc) is 3.11. The summed E-state index contributed by atoms with van der Waals surface area (Å²) in [5.41, 5.74) is 3.10. The minimum absolute atomic E-state index is 0.0892. The number of hydrogen-bond acceptors (Lipinski definition) is 4. The van der Waals surface area contributed by atoms with E-state index in [1.54, 1.807) is 18.2 Å². The molecule has 160 valence electrons. The molecule has 0 unspecified atom stereocenters. The van der Waals surface area contributed by atoms with Gasteiger partial charge in [0.1, 0.15) is 12.4 Å². The van der Waals surface area contributed by atoms with Crippen LogP contribution in [0, 0.1) is 5.82 Å². The van der Waals surface area contributed by atoms with Crippen LogP contribution in [0.1, 0.15) is 11.1 Å². The predicted molar refractivity (Wildman–Crippen MR) is 120 cm³/mol. The van der Waals surface area contributed by atoms with E-state index in [0.29, 0.717) is 28.6 Å². The topological polar surface area (TPSA) is 79.1 Å². The van der Waals surface area contributed by atoms with Crippen LogP contribution >= 0.6 is 23.2 Å². The Hall–Kier alpha value is -3.16. The van der Waals surface area contributed by atoms with E-state index in [1.807, 2.05) is 18.2 Å². The number of rotatable bonds is 7. The van der Waals surface area contributed by atoms with E-state index in [9.17, 15) is 9.18 Å². The fourth-order valence-electron chi connectivity index (χ4n) is 3.18. The summed E-state index contributed by atoms with van der Waals surface area (Å²) in [6, 6.07) is 13.5. The smallest absolute Gasteiger partial charge is 0.323 e. The molecule has 1 heterocycles.